The fraction of sp³-hybridized carbons (Fsp3) is 1.00. The average molecular weight is 389 g/mol. The Labute approximate surface area is 192 Å². The number of aliphatic hydroxyl groups is 1. The minimum atomic E-state index is -4.24. The third-order valence-electron chi connectivity index (χ3n) is 4.58. The molecule has 6 heteroatoms. The van der Waals surface area contributed by atoms with E-state index in [1.807, 2.05) is 6.92 Å². The number of unbranched alkanes of at least 4 members (excludes halogenated alkanes) is 9. The van der Waals surface area contributed by atoms with Crippen molar-refractivity contribution in [3.05, 3.63) is 0 Å². The maximum atomic E-state index is 11.3. The normalized spacial score (nSPS) is 14.2. The molecule has 0 spiro atoms. The molecule has 0 aromatic carbocycles. The van der Waals surface area contributed by atoms with E-state index >= 15 is 0 Å². The van der Waals surface area contributed by atoms with Crippen molar-refractivity contribution in [2.24, 2.45) is 0 Å². The van der Waals surface area contributed by atoms with E-state index in [0.29, 0.717) is 19.3 Å². The Kier molecular flexibility index (Phi) is 20.7. The molecule has 0 fully saturated rings. The Morgan fingerprint density at radius 2 is 1.25 bits per heavy atom. The third-order valence-corrected chi connectivity index (χ3v) is 5.87. The molecule has 0 heterocycles. The Morgan fingerprint density at radius 3 is 1.67 bits per heavy atom. The van der Waals surface area contributed by atoms with Gasteiger partial charge < -0.3 is 9.66 Å². The van der Waals surface area contributed by atoms with Crippen LogP contribution in [0, 0.1) is 0 Å². The summed E-state index contributed by atoms with van der Waals surface area (Å²) in [6.45, 7) is 4.08. The van der Waals surface area contributed by atoms with Gasteiger partial charge in [-0.05, 0) is 25.7 Å². The van der Waals surface area contributed by atoms with Crippen LogP contribution in [0.15, 0.2) is 0 Å². The summed E-state index contributed by atoms with van der Waals surface area (Å²) in [4.78, 5) is 0. The Hall–Kier alpha value is 1.51. The van der Waals surface area contributed by atoms with Crippen molar-refractivity contribution in [2.45, 2.75) is 115 Å². The van der Waals surface area contributed by atoms with Crippen LogP contribution in [0.4, 0.5) is 0 Å². The zero-order chi connectivity index (χ0) is 17.6. The van der Waals surface area contributed by atoms with Crippen molar-refractivity contribution < 1.29 is 69.5 Å². The zero-order valence-corrected chi connectivity index (χ0v) is 20.1. The molecule has 1 N–H and O–H groups in total. The van der Waals surface area contributed by atoms with E-state index in [2.05, 4.69) is 6.92 Å². The molecular weight excluding hydrogens is 351 g/mol. The first-order chi connectivity index (χ1) is 10.9. The van der Waals surface area contributed by atoms with E-state index in [1.54, 1.807) is 0 Å². The van der Waals surface area contributed by atoms with Crippen molar-refractivity contribution in [3.8, 4) is 0 Å². The second kappa shape index (κ2) is 17.9. The smallest absolute Gasteiger partial charge is 0.748 e. The molecule has 0 aliphatic rings. The third kappa shape index (κ3) is 16.9. The maximum Gasteiger partial charge on any atom is 1.00 e. The molecule has 0 aromatic rings. The molecule has 0 saturated carbocycles. The molecule has 0 rings (SSSR count). The van der Waals surface area contributed by atoms with E-state index in [9.17, 15) is 18.1 Å². The molecule has 0 amide bonds. The first kappa shape index (κ1) is 27.7. The number of aliphatic hydroxyl groups excluding tert-OH is 1. The molecule has 0 aliphatic carbocycles. The largest absolute Gasteiger partial charge is 1.00 e. The van der Waals surface area contributed by atoms with Crippen molar-refractivity contribution in [3.63, 3.8) is 0 Å². The first-order valence-electron chi connectivity index (χ1n) is 9.54. The van der Waals surface area contributed by atoms with Crippen LogP contribution in [0.25, 0.3) is 0 Å². The molecule has 0 bridgehead atoms. The SMILES string of the molecule is CCCCCCCCCCCCC(CCC(O)CC)S(=O)(=O)[O-].[K+]. The van der Waals surface area contributed by atoms with E-state index in [1.165, 1.54) is 44.9 Å². The van der Waals surface area contributed by atoms with Crippen LogP contribution in [0.1, 0.15) is 104 Å². The standard InChI is InChI=1S/C18H38O4S.K/c1-3-5-6-7-8-9-10-11-12-13-14-18(23(20,21)22)16-15-17(19)4-2;/h17-19H,3-16H2,1-2H3,(H,20,21,22);/q;+1/p-1. The molecule has 0 aromatic heterocycles. The van der Waals surface area contributed by atoms with Crippen LogP contribution in [0.2, 0.25) is 0 Å². The van der Waals surface area contributed by atoms with Gasteiger partial charge >= 0.3 is 51.4 Å². The monoisotopic (exact) mass is 388 g/mol. The molecule has 4 nitrogen and oxygen atoms in total. The first-order valence-corrected chi connectivity index (χ1v) is 11.0. The summed E-state index contributed by atoms with van der Waals surface area (Å²) < 4.78 is 33.9. The Balaban J connectivity index is 0. The van der Waals surface area contributed by atoms with Gasteiger partial charge in [0.2, 0.25) is 0 Å². The maximum absolute atomic E-state index is 11.3. The molecule has 0 aliphatic heterocycles. The van der Waals surface area contributed by atoms with Crippen molar-refractivity contribution in [1.82, 2.24) is 0 Å². The topological polar surface area (TPSA) is 77.4 Å². The Morgan fingerprint density at radius 1 is 0.792 bits per heavy atom. The molecule has 0 saturated heterocycles. The van der Waals surface area contributed by atoms with Crippen LogP contribution in [0.3, 0.4) is 0 Å². The van der Waals surface area contributed by atoms with Crippen LogP contribution in [0.5, 0.6) is 0 Å². The van der Waals surface area contributed by atoms with Gasteiger partial charge in [0.25, 0.3) is 0 Å². The fourth-order valence-electron chi connectivity index (χ4n) is 2.87. The Bertz CT molecular complexity index is 360. The van der Waals surface area contributed by atoms with Gasteiger partial charge in [0.1, 0.15) is 0 Å². The van der Waals surface area contributed by atoms with Gasteiger partial charge in [-0.1, -0.05) is 78.1 Å². The average Bonchev–Trinajstić information content (AvgIpc) is 2.50. The fourth-order valence-corrected chi connectivity index (χ4v) is 3.75. The summed E-state index contributed by atoms with van der Waals surface area (Å²) >= 11 is 0. The van der Waals surface area contributed by atoms with E-state index in [-0.39, 0.29) is 57.8 Å². The van der Waals surface area contributed by atoms with Gasteiger partial charge in [0, 0.05) is 5.25 Å². The van der Waals surface area contributed by atoms with Gasteiger partial charge in [-0.3, -0.25) is 0 Å². The van der Waals surface area contributed by atoms with Crippen LogP contribution >= 0.6 is 0 Å². The van der Waals surface area contributed by atoms with Gasteiger partial charge in [-0.15, -0.1) is 0 Å². The molecule has 2 atom stereocenters. The van der Waals surface area contributed by atoms with Gasteiger partial charge in [-0.25, -0.2) is 8.42 Å². The van der Waals surface area contributed by atoms with Crippen LogP contribution in [-0.4, -0.2) is 29.4 Å². The number of hydrogen-bond acceptors (Lipinski definition) is 4. The zero-order valence-electron chi connectivity index (χ0n) is 16.1. The van der Waals surface area contributed by atoms with E-state index in [0.717, 1.165) is 19.3 Å². The van der Waals surface area contributed by atoms with Gasteiger partial charge in [0.15, 0.2) is 0 Å². The predicted octanol–water partition coefficient (Wildman–Crippen LogP) is 1.77. The molecule has 2 unspecified atom stereocenters. The minimum absolute atomic E-state index is 0. The van der Waals surface area contributed by atoms with E-state index < -0.39 is 21.5 Å². The quantitative estimate of drug-likeness (QED) is 0.248. The number of hydrogen-bond donors (Lipinski definition) is 1. The second-order valence-corrected chi connectivity index (χ2v) is 8.38. The van der Waals surface area contributed by atoms with Crippen molar-refractivity contribution >= 4 is 10.1 Å². The summed E-state index contributed by atoms with van der Waals surface area (Å²) in [5, 5.41) is 8.70. The van der Waals surface area contributed by atoms with Crippen LogP contribution < -0.4 is 51.4 Å². The molecule has 24 heavy (non-hydrogen) atoms. The predicted molar refractivity (Wildman–Crippen MR) is 95.5 cm³/mol. The van der Waals surface area contributed by atoms with Crippen molar-refractivity contribution in [2.75, 3.05) is 0 Å². The summed E-state index contributed by atoms with van der Waals surface area (Å²) in [6.07, 6.45) is 13.2. The van der Waals surface area contributed by atoms with Crippen molar-refractivity contribution in [1.29, 1.82) is 0 Å². The molecule has 0 radical (unpaired) electrons. The van der Waals surface area contributed by atoms with E-state index in [4.69, 9.17) is 0 Å². The second-order valence-electron chi connectivity index (χ2n) is 6.72. The molecular formula is C18H37KO4S. The number of rotatable bonds is 16. The minimum Gasteiger partial charge on any atom is -0.748 e. The summed E-state index contributed by atoms with van der Waals surface area (Å²) in [5.74, 6) is 0. The van der Waals surface area contributed by atoms with Gasteiger partial charge in [0.05, 0.1) is 16.2 Å². The van der Waals surface area contributed by atoms with Crippen LogP contribution in [-0.2, 0) is 10.1 Å². The summed E-state index contributed by atoms with van der Waals surface area (Å²) in [5.41, 5.74) is 0. The molecule has 140 valence electrons. The summed E-state index contributed by atoms with van der Waals surface area (Å²) in [6, 6.07) is 0. The summed E-state index contributed by atoms with van der Waals surface area (Å²) in [7, 11) is -4.24. The van der Waals surface area contributed by atoms with Gasteiger partial charge in [-0.2, -0.15) is 0 Å².